The first-order chi connectivity index (χ1) is 20.2. The fraction of sp³-hybridized carbons (Fsp3) is 0.235. The number of sulfonamides is 1. The van der Waals surface area contributed by atoms with Crippen LogP contribution in [0.5, 0.6) is 0 Å². The molecule has 4 aromatic rings. The van der Waals surface area contributed by atoms with E-state index in [-0.39, 0.29) is 23.8 Å². The number of rotatable bonds is 12. The first kappa shape index (κ1) is 30.5. The van der Waals surface area contributed by atoms with Crippen LogP contribution in [0.3, 0.4) is 0 Å². The van der Waals surface area contributed by atoms with Crippen molar-refractivity contribution in [2.75, 3.05) is 17.4 Å². The second-order valence-electron chi connectivity index (χ2n) is 10.2. The van der Waals surface area contributed by atoms with Crippen LogP contribution in [0.1, 0.15) is 29.2 Å². The maximum Gasteiger partial charge on any atom is 0.264 e. The van der Waals surface area contributed by atoms with E-state index in [1.54, 1.807) is 24.3 Å². The monoisotopic (exact) mass is 583 g/mol. The summed E-state index contributed by atoms with van der Waals surface area (Å²) in [5.74, 6) is -0.777. The second kappa shape index (κ2) is 14.0. The Kier molecular flexibility index (Phi) is 10.1. The van der Waals surface area contributed by atoms with Crippen molar-refractivity contribution in [1.82, 2.24) is 10.2 Å². The Hall–Kier alpha value is -4.43. The summed E-state index contributed by atoms with van der Waals surface area (Å²) in [4.78, 5) is 29.5. The fourth-order valence-corrected chi connectivity index (χ4v) is 6.34. The van der Waals surface area contributed by atoms with Gasteiger partial charge in [0.1, 0.15) is 12.6 Å². The zero-order valence-corrected chi connectivity index (χ0v) is 25.1. The predicted molar refractivity (Wildman–Crippen MR) is 166 cm³/mol. The predicted octanol–water partition coefficient (Wildman–Crippen LogP) is 5.27. The van der Waals surface area contributed by atoms with Crippen molar-refractivity contribution in [3.63, 3.8) is 0 Å². The van der Waals surface area contributed by atoms with Crippen LogP contribution in [0.15, 0.2) is 114 Å². The molecule has 42 heavy (non-hydrogen) atoms. The quantitative estimate of drug-likeness (QED) is 0.246. The first-order valence-electron chi connectivity index (χ1n) is 14.0. The Labute approximate surface area is 248 Å². The van der Waals surface area contributed by atoms with Crippen LogP contribution in [0.2, 0.25) is 0 Å². The van der Waals surface area contributed by atoms with Crippen molar-refractivity contribution in [3.05, 3.63) is 131 Å². The molecular formula is C34H37N3O4S. The molecule has 7 nitrogen and oxygen atoms in total. The lowest BCUT2D eigenvalue weighted by Crippen LogP contribution is -2.53. The van der Waals surface area contributed by atoms with Crippen molar-refractivity contribution in [1.29, 1.82) is 0 Å². The topological polar surface area (TPSA) is 86.8 Å². The smallest absolute Gasteiger partial charge is 0.264 e. The molecule has 1 N–H and O–H groups in total. The van der Waals surface area contributed by atoms with E-state index >= 15 is 0 Å². The second-order valence-corrected chi connectivity index (χ2v) is 12.1. The number of nitrogens with one attached hydrogen (secondary N) is 1. The molecule has 4 rings (SSSR count). The Morgan fingerprint density at radius 1 is 0.786 bits per heavy atom. The van der Waals surface area contributed by atoms with Crippen molar-refractivity contribution in [2.24, 2.45) is 0 Å². The molecule has 0 aliphatic heterocycles. The van der Waals surface area contributed by atoms with E-state index in [1.807, 2.05) is 93.6 Å². The molecule has 4 aromatic carbocycles. The molecule has 0 heterocycles. The van der Waals surface area contributed by atoms with Crippen LogP contribution >= 0.6 is 0 Å². The Morgan fingerprint density at radius 2 is 1.36 bits per heavy atom. The van der Waals surface area contributed by atoms with Gasteiger partial charge in [-0.25, -0.2) is 8.42 Å². The van der Waals surface area contributed by atoms with Crippen LogP contribution in [0.4, 0.5) is 5.69 Å². The summed E-state index contributed by atoms with van der Waals surface area (Å²) in [6.07, 6.45) is 0.278. The normalized spacial score (nSPS) is 11.9. The number of anilines is 1. The Bertz CT molecular complexity index is 1590. The van der Waals surface area contributed by atoms with Gasteiger partial charge in [-0.1, -0.05) is 91.0 Å². The number of benzene rings is 4. The molecule has 1 unspecified atom stereocenters. The van der Waals surface area contributed by atoms with Crippen molar-refractivity contribution >= 4 is 27.5 Å². The molecule has 0 aliphatic carbocycles. The zero-order chi connectivity index (χ0) is 30.1. The minimum atomic E-state index is -4.12. The van der Waals surface area contributed by atoms with Gasteiger partial charge in [0.2, 0.25) is 11.8 Å². The lowest BCUT2D eigenvalue weighted by molar-refractivity contribution is -0.140. The van der Waals surface area contributed by atoms with E-state index in [2.05, 4.69) is 5.32 Å². The highest BCUT2D eigenvalue weighted by molar-refractivity contribution is 7.92. The Balaban J connectivity index is 1.81. The molecule has 1 atom stereocenters. The molecule has 0 spiro atoms. The van der Waals surface area contributed by atoms with Crippen LogP contribution in [-0.4, -0.2) is 44.3 Å². The molecule has 0 fully saturated rings. The highest BCUT2D eigenvalue weighted by Gasteiger charge is 2.34. The van der Waals surface area contributed by atoms with Gasteiger partial charge in [-0.3, -0.25) is 13.9 Å². The molecule has 0 aromatic heterocycles. The van der Waals surface area contributed by atoms with Gasteiger partial charge in [0.05, 0.1) is 10.6 Å². The molecule has 2 amide bonds. The van der Waals surface area contributed by atoms with Gasteiger partial charge < -0.3 is 10.2 Å². The summed E-state index contributed by atoms with van der Waals surface area (Å²) < 4.78 is 29.3. The molecule has 8 heteroatoms. The maximum absolute atomic E-state index is 14.4. The number of amides is 2. The minimum absolute atomic E-state index is 0.0814. The number of aryl methyl sites for hydroxylation is 2. The maximum atomic E-state index is 14.4. The van der Waals surface area contributed by atoms with Gasteiger partial charge in [-0.15, -0.1) is 0 Å². The summed E-state index contributed by atoms with van der Waals surface area (Å²) in [6.45, 7) is 5.59. The summed E-state index contributed by atoms with van der Waals surface area (Å²) in [6, 6.07) is 31.7. The van der Waals surface area contributed by atoms with Gasteiger partial charge in [-0.2, -0.15) is 0 Å². The van der Waals surface area contributed by atoms with Crippen LogP contribution in [-0.2, 0) is 32.6 Å². The third-order valence-corrected chi connectivity index (χ3v) is 8.84. The van der Waals surface area contributed by atoms with Crippen molar-refractivity contribution < 1.29 is 18.0 Å². The van der Waals surface area contributed by atoms with Gasteiger partial charge in [0.25, 0.3) is 10.0 Å². The molecule has 0 saturated carbocycles. The zero-order valence-electron chi connectivity index (χ0n) is 24.2. The first-order valence-corrected chi connectivity index (χ1v) is 15.4. The molecular weight excluding hydrogens is 546 g/mol. The van der Waals surface area contributed by atoms with E-state index < -0.39 is 28.5 Å². The van der Waals surface area contributed by atoms with E-state index in [0.717, 1.165) is 16.7 Å². The van der Waals surface area contributed by atoms with Crippen LogP contribution in [0.25, 0.3) is 0 Å². The number of likely N-dealkylation sites (N-methyl/N-ethyl adjacent to an activating group) is 1. The summed E-state index contributed by atoms with van der Waals surface area (Å²) in [7, 11) is -4.12. The SMILES string of the molecule is CCNC(=O)C(Cc1ccccc1)N(Cc1ccccc1)C(=O)CN(c1cc(C)ccc1C)S(=O)(=O)c1ccccc1. The largest absolute Gasteiger partial charge is 0.355 e. The lowest BCUT2D eigenvalue weighted by Gasteiger charge is -2.34. The third kappa shape index (κ3) is 7.44. The van der Waals surface area contributed by atoms with Gasteiger partial charge in [0.15, 0.2) is 0 Å². The lowest BCUT2D eigenvalue weighted by atomic mass is 10.0. The van der Waals surface area contributed by atoms with Crippen LogP contribution in [0, 0.1) is 13.8 Å². The standard InChI is InChI=1S/C34H37N3O4S/c1-4-35-34(39)32(23-28-14-8-5-9-15-28)36(24-29-16-10-6-11-17-29)33(38)25-37(31-22-26(2)20-21-27(31)3)42(40,41)30-18-12-7-13-19-30/h5-22,32H,4,23-25H2,1-3H3,(H,35,39). The molecule has 0 saturated heterocycles. The van der Waals surface area contributed by atoms with E-state index in [0.29, 0.717) is 17.8 Å². The van der Waals surface area contributed by atoms with Crippen LogP contribution < -0.4 is 9.62 Å². The molecule has 0 radical (unpaired) electrons. The number of nitrogens with zero attached hydrogens (tertiary/aromatic N) is 2. The molecule has 0 aliphatic rings. The number of carbonyl (C=O) groups is 2. The van der Waals surface area contributed by atoms with Gasteiger partial charge in [-0.05, 0) is 61.2 Å². The third-order valence-electron chi connectivity index (χ3n) is 7.06. The Morgan fingerprint density at radius 3 is 1.95 bits per heavy atom. The minimum Gasteiger partial charge on any atom is -0.355 e. The van der Waals surface area contributed by atoms with E-state index in [1.165, 1.54) is 21.3 Å². The average Bonchev–Trinajstić information content (AvgIpc) is 3.00. The van der Waals surface area contributed by atoms with E-state index in [9.17, 15) is 18.0 Å². The van der Waals surface area contributed by atoms with Crippen molar-refractivity contribution in [2.45, 2.75) is 44.7 Å². The fourth-order valence-electron chi connectivity index (χ4n) is 4.85. The van der Waals surface area contributed by atoms with Crippen molar-refractivity contribution in [3.8, 4) is 0 Å². The number of carbonyl (C=O) groups excluding carboxylic acids is 2. The number of hydrogen-bond donors (Lipinski definition) is 1. The van der Waals surface area contributed by atoms with E-state index in [4.69, 9.17) is 0 Å². The van der Waals surface area contributed by atoms with Gasteiger partial charge >= 0.3 is 0 Å². The summed E-state index contributed by atoms with van der Waals surface area (Å²) >= 11 is 0. The summed E-state index contributed by atoms with van der Waals surface area (Å²) in [5, 5.41) is 2.88. The molecule has 0 bridgehead atoms. The average molecular weight is 584 g/mol. The summed E-state index contributed by atoms with van der Waals surface area (Å²) in [5.41, 5.74) is 3.72. The highest BCUT2D eigenvalue weighted by atomic mass is 32.2. The van der Waals surface area contributed by atoms with Gasteiger partial charge in [0, 0.05) is 19.5 Å². The number of hydrogen-bond acceptors (Lipinski definition) is 4. The highest BCUT2D eigenvalue weighted by Crippen LogP contribution is 2.28. The molecule has 218 valence electrons.